The highest BCUT2D eigenvalue weighted by Crippen LogP contribution is 2.42. The molecular weight excluding hydrogens is 260 g/mol. The zero-order chi connectivity index (χ0) is 14.4. The topological polar surface area (TPSA) is 35.7 Å². The van der Waals surface area contributed by atoms with Crippen molar-refractivity contribution in [3.05, 3.63) is 0 Å². The van der Waals surface area contributed by atoms with Crippen LogP contribution in [0.3, 0.4) is 0 Å². The third kappa shape index (κ3) is 2.26. The molecule has 4 aliphatic heterocycles. The molecule has 0 aliphatic carbocycles. The van der Waals surface area contributed by atoms with Gasteiger partial charge in [-0.3, -0.25) is 4.90 Å². The van der Waals surface area contributed by atoms with Crippen molar-refractivity contribution in [2.24, 2.45) is 17.6 Å². The van der Waals surface area contributed by atoms with Crippen molar-refractivity contribution in [2.45, 2.75) is 43.7 Å². The number of fused-ring (bicyclic) bond motifs is 3. The van der Waals surface area contributed by atoms with Gasteiger partial charge in [-0.2, -0.15) is 0 Å². The molecule has 5 atom stereocenters. The molecule has 0 radical (unpaired) electrons. The first-order valence-electron chi connectivity index (χ1n) is 9.10. The number of piperidine rings is 3. The SMILES string of the molecule is CN1CCCC2CN(C3(CN)CCN4CCC3C4)CCC21. The Bertz CT molecular complexity index is 387. The third-order valence-electron chi connectivity index (χ3n) is 7.22. The summed E-state index contributed by atoms with van der Waals surface area (Å²) in [5.74, 6) is 1.72. The summed E-state index contributed by atoms with van der Waals surface area (Å²) in [6.07, 6.45) is 6.86. The zero-order valence-corrected chi connectivity index (χ0v) is 13.6. The van der Waals surface area contributed by atoms with Gasteiger partial charge in [0, 0.05) is 37.8 Å². The van der Waals surface area contributed by atoms with E-state index in [4.69, 9.17) is 5.73 Å². The summed E-state index contributed by atoms with van der Waals surface area (Å²) in [5, 5.41) is 0. The Balaban J connectivity index is 1.52. The summed E-state index contributed by atoms with van der Waals surface area (Å²) < 4.78 is 0. The number of likely N-dealkylation sites (tertiary alicyclic amines) is 2. The summed E-state index contributed by atoms with van der Waals surface area (Å²) in [7, 11) is 2.33. The van der Waals surface area contributed by atoms with Crippen LogP contribution in [0.25, 0.3) is 0 Å². The van der Waals surface area contributed by atoms with Crippen LogP contribution in [0.1, 0.15) is 32.1 Å². The van der Waals surface area contributed by atoms with Crippen molar-refractivity contribution < 1.29 is 0 Å². The van der Waals surface area contributed by atoms with E-state index in [9.17, 15) is 0 Å². The van der Waals surface area contributed by atoms with Gasteiger partial charge in [0.25, 0.3) is 0 Å². The number of hydrogen-bond donors (Lipinski definition) is 1. The van der Waals surface area contributed by atoms with Crippen molar-refractivity contribution in [2.75, 3.05) is 52.9 Å². The van der Waals surface area contributed by atoms with Crippen molar-refractivity contribution in [1.82, 2.24) is 14.7 Å². The van der Waals surface area contributed by atoms with Gasteiger partial charge < -0.3 is 15.5 Å². The van der Waals surface area contributed by atoms with Crippen LogP contribution in [0.5, 0.6) is 0 Å². The molecule has 4 fully saturated rings. The highest BCUT2D eigenvalue weighted by molar-refractivity contribution is 5.07. The van der Waals surface area contributed by atoms with Gasteiger partial charge in [-0.15, -0.1) is 0 Å². The lowest BCUT2D eigenvalue weighted by atomic mass is 9.74. The molecule has 4 nitrogen and oxygen atoms in total. The summed E-state index contributed by atoms with van der Waals surface area (Å²) in [4.78, 5) is 8.12. The summed E-state index contributed by atoms with van der Waals surface area (Å²) in [6, 6.07) is 0.841. The normalized spacial score (nSPS) is 48.3. The second kappa shape index (κ2) is 5.48. The minimum absolute atomic E-state index is 0.327. The molecule has 4 saturated heterocycles. The van der Waals surface area contributed by atoms with Crippen LogP contribution in [0.15, 0.2) is 0 Å². The fourth-order valence-corrected chi connectivity index (χ4v) is 5.90. The molecule has 4 rings (SSSR count). The molecule has 0 aromatic rings. The smallest absolute Gasteiger partial charge is 0.0384 e. The van der Waals surface area contributed by atoms with Gasteiger partial charge in [-0.25, -0.2) is 0 Å². The van der Waals surface area contributed by atoms with Crippen LogP contribution in [0.4, 0.5) is 0 Å². The van der Waals surface area contributed by atoms with Crippen LogP contribution in [0, 0.1) is 11.8 Å². The van der Waals surface area contributed by atoms with Gasteiger partial charge in [-0.1, -0.05) is 0 Å². The second-order valence-corrected chi connectivity index (χ2v) is 8.03. The lowest BCUT2D eigenvalue weighted by molar-refractivity contribution is -0.0517. The fraction of sp³-hybridized carbons (Fsp3) is 1.00. The Morgan fingerprint density at radius 1 is 1.05 bits per heavy atom. The van der Waals surface area contributed by atoms with Gasteiger partial charge in [0.1, 0.15) is 0 Å². The van der Waals surface area contributed by atoms with Crippen LogP contribution in [-0.4, -0.2) is 79.1 Å². The lowest BCUT2D eigenvalue weighted by Gasteiger charge is -2.55. The Labute approximate surface area is 129 Å². The van der Waals surface area contributed by atoms with Crippen molar-refractivity contribution >= 4 is 0 Å². The van der Waals surface area contributed by atoms with E-state index in [0.29, 0.717) is 5.54 Å². The molecule has 0 spiro atoms. The Kier molecular flexibility index (Phi) is 3.77. The van der Waals surface area contributed by atoms with Gasteiger partial charge in [-0.05, 0) is 70.6 Å². The Morgan fingerprint density at radius 3 is 2.81 bits per heavy atom. The van der Waals surface area contributed by atoms with E-state index in [1.165, 1.54) is 71.4 Å². The highest BCUT2D eigenvalue weighted by Gasteiger charge is 2.50. The standard InChI is InChI=1S/C17H32N4/c1-19-7-2-3-14-11-21(9-5-16(14)19)17(13-18)6-10-20-8-4-15(17)12-20/h14-16H,2-13,18H2,1H3. The zero-order valence-electron chi connectivity index (χ0n) is 13.6. The average Bonchev–Trinajstić information content (AvgIpc) is 2.92. The maximum absolute atomic E-state index is 6.38. The van der Waals surface area contributed by atoms with E-state index in [0.717, 1.165) is 24.4 Å². The van der Waals surface area contributed by atoms with E-state index in [2.05, 4.69) is 21.7 Å². The van der Waals surface area contributed by atoms with Gasteiger partial charge in [0.05, 0.1) is 0 Å². The molecule has 0 saturated carbocycles. The first-order chi connectivity index (χ1) is 10.2. The molecule has 2 N–H and O–H groups in total. The molecule has 21 heavy (non-hydrogen) atoms. The third-order valence-corrected chi connectivity index (χ3v) is 7.22. The Morgan fingerprint density at radius 2 is 1.95 bits per heavy atom. The molecule has 5 unspecified atom stereocenters. The minimum atomic E-state index is 0.327. The number of nitrogens with zero attached hydrogens (tertiary/aromatic N) is 3. The first kappa shape index (κ1) is 14.4. The van der Waals surface area contributed by atoms with E-state index in [-0.39, 0.29) is 0 Å². The largest absolute Gasteiger partial charge is 0.329 e. The number of nitrogens with two attached hydrogens (primary N) is 1. The summed E-state index contributed by atoms with van der Waals surface area (Å²) in [5.41, 5.74) is 6.71. The van der Waals surface area contributed by atoms with Crippen LogP contribution in [-0.2, 0) is 0 Å². The molecule has 0 aromatic carbocycles. The van der Waals surface area contributed by atoms with Gasteiger partial charge in [0.15, 0.2) is 0 Å². The molecule has 4 heterocycles. The fourth-order valence-electron chi connectivity index (χ4n) is 5.90. The highest BCUT2D eigenvalue weighted by atomic mass is 15.3. The maximum Gasteiger partial charge on any atom is 0.0384 e. The molecule has 0 amide bonds. The first-order valence-corrected chi connectivity index (χ1v) is 9.10. The molecule has 4 aliphatic rings. The van der Waals surface area contributed by atoms with Crippen molar-refractivity contribution in [3.63, 3.8) is 0 Å². The average molecular weight is 292 g/mol. The molecule has 0 aromatic heterocycles. The van der Waals surface area contributed by atoms with Crippen LogP contribution >= 0.6 is 0 Å². The van der Waals surface area contributed by atoms with Gasteiger partial charge in [0.2, 0.25) is 0 Å². The minimum Gasteiger partial charge on any atom is -0.329 e. The van der Waals surface area contributed by atoms with E-state index in [1.807, 2.05) is 0 Å². The van der Waals surface area contributed by atoms with E-state index >= 15 is 0 Å². The van der Waals surface area contributed by atoms with Crippen LogP contribution in [0.2, 0.25) is 0 Å². The number of hydrogen-bond acceptors (Lipinski definition) is 4. The predicted octanol–water partition coefficient (Wildman–Crippen LogP) is 0.826. The summed E-state index contributed by atoms with van der Waals surface area (Å²) >= 11 is 0. The molecule has 2 bridgehead atoms. The maximum atomic E-state index is 6.38. The quantitative estimate of drug-likeness (QED) is 0.818. The molecule has 4 heteroatoms. The van der Waals surface area contributed by atoms with Crippen molar-refractivity contribution in [3.8, 4) is 0 Å². The van der Waals surface area contributed by atoms with Crippen LogP contribution < -0.4 is 5.73 Å². The molecular formula is C17H32N4. The predicted molar refractivity (Wildman–Crippen MR) is 86.3 cm³/mol. The van der Waals surface area contributed by atoms with E-state index < -0.39 is 0 Å². The van der Waals surface area contributed by atoms with Crippen molar-refractivity contribution in [1.29, 1.82) is 0 Å². The van der Waals surface area contributed by atoms with E-state index in [1.54, 1.807) is 0 Å². The molecule has 120 valence electrons. The van der Waals surface area contributed by atoms with Gasteiger partial charge >= 0.3 is 0 Å². The number of rotatable bonds is 2. The monoisotopic (exact) mass is 292 g/mol. The summed E-state index contributed by atoms with van der Waals surface area (Å²) in [6.45, 7) is 8.66. The Hall–Kier alpha value is -0.160. The second-order valence-electron chi connectivity index (χ2n) is 8.03. The lowest BCUT2D eigenvalue weighted by Crippen LogP contribution is -2.66.